The Morgan fingerprint density at radius 3 is 2.38 bits per heavy atom. The molecule has 0 aromatic heterocycles. The van der Waals surface area contributed by atoms with Crippen molar-refractivity contribution in [2.24, 2.45) is 0 Å². The van der Waals surface area contributed by atoms with Gasteiger partial charge in [-0.3, -0.25) is 0 Å². The van der Waals surface area contributed by atoms with E-state index in [4.69, 9.17) is 4.74 Å². The standard InChI is InChI=1S/C28H32N2O2/c1-18(2)22-11-13-27(32-5)25(15-22)24-12-8-20(4)14-23(24)16-30-17-26(29-28(30)31)21-9-6-19(3)7-10-21/h6-15,18,26H,16-17H2,1-5H3,(H,29,31). The second-order valence-corrected chi connectivity index (χ2v) is 9.07. The molecule has 0 aliphatic carbocycles. The lowest BCUT2D eigenvalue weighted by molar-refractivity contribution is 0.215. The van der Waals surface area contributed by atoms with Crippen molar-refractivity contribution in [1.29, 1.82) is 0 Å². The Balaban J connectivity index is 1.66. The third-order valence-electron chi connectivity index (χ3n) is 6.27. The fourth-order valence-corrected chi connectivity index (χ4v) is 4.33. The number of carbonyl (C=O) groups excluding carboxylic acids is 1. The molecule has 166 valence electrons. The van der Waals surface area contributed by atoms with Gasteiger partial charge in [0.05, 0.1) is 13.2 Å². The third kappa shape index (κ3) is 4.50. The van der Waals surface area contributed by atoms with Crippen LogP contribution in [0.4, 0.5) is 4.79 Å². The zero-order chi connectivity index (χ0) is 22.8. The van der Waals surface area contributed by atoms with Gasteiger partial charge in [0, 0.05) is 18.7 Å². The van der Waals surface area contributed by atoms with Gasteiger partial charge in [-0.15, -0.1) is 0 Å². The number of methoxy groups -OCH3 is 1. The molecule has 1 unspecified atom stereocenters. The van der Waals surface area contributed by atoms with Gasteiger partial charge in [-0.25, -0.2) is 4.79 Å². The molecule has 1 saturated heterocycles. The summed E-state index contributed by atoms with van der Waals surface area (Å²) >= 11 is 0. The molecule has 3 aromatic rings. The highest BCUT2D eigenvalue weighted by molar-refractivity contribution is 5.79. The van der Waals surface area contributed by atoms with Crippen LogP contribution in [0.1, 0.15) is 53.6 Å². The molecule has 1 fully saturated rings. The normalized spacial score (nSPS) is 15.9. The van der Waals surface area contributed by atoms with E-state index in [1.807, 2.05) is 11.0 Å². The molecule has 1 heterocycles. The number of amides is 2. The Labute approximate surface area is 191 Å². The first-order valence-corrected chi connectivity index (χ1v) is 11.3. The van der Waals surface area contributed by atoms with Crippen LogP contribution in [0.5, 0.6) is 5.75 Å². The highest BCUT2D eigenvalue weighted by Crippen LogP contribution is 2.36. The second-order valence-electron chi connectivity index (χ2n) is 9.07. The van der Waals surface area contributed by atoms with Gasteiger partial charge in [-0.1, -0.05) is 73.5 Å². The zero-order valence-corrected chi connectivity index (χ0v) is 19.6. The topological polar surface area (TPSA) is 41.6 Å². The molecule has 0 spiro atoms. The maximum atomic E-state index is 12.8. The number of urea groups is 1. The Hall–Kier alpha value is -3.27. The number of benzene rings is 3. The number of hydrogen-bond donors (Lipinski definition) is 1. The lowest BCUT2D eigenvalue weighted by Gasteiger charge is -2.20. The molecule has 1 aliphatic heterocycles. The number of rotatable bonds is 6. The van der Waals surface area contributed by atoms with E-state index in [0.29, 0.717) is 19.0 Å². The van der Waals surface area contributed by atoms with Gasteiger partial charge in [0.25, 0.3) is 0 Å². The molecule has 1 aliphatic rings. The molecule has 32 heavy (non-hydrogen) atoms. The van der Waals surface area contributed by atoms with E-state index in [2.05, 4.69) is 87.6 Å². The minimum atomic E-state index is -0.0223. The van der Waals surface area contributed by atoms with Crippen LogP contribution < -0.4 is 10.1 Å². The van der Waals surface area contributed by atoms with Crippen molar-refractivity contribution >= 4 is 6.03 Å². The van der Waals surface area contributed by atoms with E-state index in [-0.39, 0.29) is 12.1 Å². The summed E-state index contributed by atoms with van der Waals surface area (Å²) < 4.78 is 5.70. The zero-order valence-electron chi connectivity index (χ0n) is 19.6. The van der Waals surface area contributed by atoms with Crippen molar-refractivity contribution in [2.75, 3.05) is 13.7 Å². The summed E-state index contributed by atoms with van der Waals surface area (Å²) in [7, 11) is 1.71. The maximum Gasteiger partial charge on any atom is 0.318 e. The van der Waals surface area contributed by atoms with Crippen LogP contribution in [0.3, 0.4) is 0 Å². The fraction of sp³-hybridized carbons (Fsp3) is 0.321. The molecule has 1 N–H and O–H groups in total. The number of aryl methyl sites for hydroxylation is 2. The number of ether oxygens (including phenoxy) is 1. The number of hydrogen-bond acceptors (Lipinski definition) is 2. The van der Waals surface area contributed by atoms with Crippen molar-refractivity contribution < 1.29 is 9.53 Å². The van der Waals surface area contributed by atoms with Crippen molar-refractivity contribution in [2.45, 2.75) is 46.2 Å². The molecule has 4 nitrogen and oxygen atoms in total. The molecule has 4 rings (SSSR count). The summed E-state index contributed by atoms with van der Waals surface area (Å²) in [6.45, 7) is 9.76. The third-order valence-corrected chi connectivity index (χ3v) is 6.27. The van der Waals surface area contributed by atoms with Crippen LogP contribution >= 0.6 is 0 Å². The molecule has 1 atom stereocenters. The fourth-order valence-electron chi connectivity index (χ4n) is 4.33. The van der Waals surface area contributed by atoms with Gasteiger partial charge in [-0.05, 0) is 54.2 Å². The Morgan fingerprint density at radius 2 is 1.69 bits per heavy atom. The first-order chi connectivity index (χ1) is 15.4. The van der Waals surface area contributed by atoms with Crippen LogP contribution in [0.25, 0.3) is 11.1 Å². The smallest absolute Gasteiger partial charge is 0.318 e. The van der Waals surface area contributed by atoms with Crippen LogP contribution in [0.2, 0.25) is 0 Å². The number of carbonyl (C=O) groups is 1. The lowest BCUT2D eigenvalue weighted by Crippen LogP contribution is -2.27. The van der Waals surface area contributed by atoms with Crippen molar-refractivity contribution in [3.8, 4) is 16.9 Å². The lowest BCUT2D eigenvalue weighted by atomic mass is 9.92. The Bertz CT molecular complexity index is 1120. The summed E-state index contributed by atoms with van der Waals surface area (Å²) in [4.78, 5) is 14.7. The summed E-state index contributed by atoms with van der Waals surface area (Å²) in [5.74, 6) is 1.27. The number of nitrogens with zero attached hydrogens (tertiary/aromatic N) is 1. The molecule has 2 amide bonds. The maximum absolute atomic E-state index is 12.8. The SMILES string of the molecule is COc1ccc(C(C)C)cc1-c1ccc(C)cc1CN1CC(c2ccc(C)cc2)NC1=O. The number of nitrogens with one attached hydrogen (secondary N) is 1. The van der Waals surface area contributed by atoms with Gasteiger partial charge < -0.3 is 15.0 Å². The van der Waals surface area contributed by atoms with E-state index in [1.54, 1.807) is 7.11 Å². The Morgan fingerprint density at radius 1 is 0.969 bits per heavy atom. The summed E-state index contributed by atoms with van der Waals surface area (Å²) in [5.41, 5.74) is 8.12. The highest BCUT2D eigenvalue weighted by atomic mass is 16.5. The predicted octanol–water partition coefficient (Wildman–Crippen LogP) is 6.37. The van der Waals surface area contributed by atoms with Gasteiger partial charge >= 0.3 is 6.03 Å². The van der Waals surface area contributed by atoms with Gasteiger partial charge in [-0.2, -0.15) is 0 Å². The van der Waals surface area contributed by atoms with Gasteiger partial charge in [0.15, 0.2) is 0 Å². The minimum Gasteiger partial charge on any atom is -0.496 e. The summed E-state index contributed by atoms with van der Waals surface area (Å²) in [6, 6.07) is 21.2. The Kier molecular flexibility index (Phi) is 6.22. The molecule has 4 heteroatoms. The molecule has 0 bridgehead atoms. The monoisotopic (exact) mass is 428 g/mol. The quantitative estimate of drug-likeness (QED) is 0.496. The first-order valence-electron chi connectivity index (χ1n) is 11.3. The van der Waals surface area contributed by atoms with Crippen LogP contribution in [-0.2, 0) is 6.54 Å². The minimum absolute atomic E-state index is 0.00941. The average molecular weight is 429 g/mol. The second kappa shape index (κ2) is 9.07. The van der Waals surface area contributed by atoms with Crippen molar-refractivity contribution in [3.05, 3.63) is 88.5 Å². The van der Waals surface area contributed by atoms with E-state index in [9.17, 15) is 4.79 Å². The van der Waals surface area contributed by atoms with Gasteiger partial charge in [0.2, 0.25) is 0 Å². The first kappa shape index (κ1) is 21.9. The molecule has 3 aromatic carbocycles. The van der Waals surface area contributed by atoms with E-state index < -0.39 is 0 Å². The average Bonchev–Trinajstić information content (AvgIpc) is 3.14. The molecule has 0 radical (unpaired) electrons. The molecular formula is C28H32N2O2. The van der Waals surface area contributed by atoms with Crippen LogP contribution in [-0.4, -0.2) is 24.6 Å². The van der Waals surface area contributed by atoms with E-state index in [0.717, 1.165) is 28.0 Å². The van der Waals surface area contributed by atoms with E-state index >= 15 is 0 Å². The van der Waals surface area contributed by atoms with Crippen molar-refractivity contribution in [3.63, 3.8) is 0 Å². The van der Waals surface area contributed by atoms with Crippen LogP contribution in [0.15, 0.2) is 60.7 Å². The highest BCUT2D eigenvalue weighted by Gasteiger charge is 2.30. The predicted molar refractivity (Wildman–Crippen MR) is 130 cm³/mol. The van der Waals surface area contributed by atoms with E-state index in [1.165, 1.54) is 16.7 Å². The summed E-state index contributed by atoms with van der Waals surface area (Å²) in [5, 5.41) is 3.14. The summed E-state index contributed by atoms with van der Waals surface area (Å²) in [6.07, 6.45) is 0. The van der Waals surface area contributed by atoms with Gasteiger partial charge in [0.1, 0.15) is 5.75 Å². The molecule has 0 saturated carbocycles. The molecular weight excluding hydrogens is 396 g/mol. The van der Waals surface area contributed by atoms with Crippen LogP contribution in [0, 0.1) is 13.8 Å². The largest absolute Gasteiger partial charge is 0.496 e. The van der Waals surface area contributed by atoms with Crippen molar-refractivity contribution in [1.82, 2.24) is 10.2 Å².